The molecule has 124 valence electrons. The summed E-state index contributed by atoms with van der Waals surface area (Å²) in [4.78, 5) is 4.63. The van der Waals surface area contributed by atoms with Crippen molar-refractivity contribution in [2.75, 3.05) is 7.11 Å². The molecule has 0 aliphatic carbocycles. The number of hydrogen-bond acceptors (Lipinski definition) is 3. The van der Waals surface area contributed by atoms with E-state index in [1.54, 1.807) is 11.6 Å². The minimum absolute atomic E-state index is 0.571. The molecule has 25 heavy (non-hydrogen) atoms. The van der Waals surface area contributed by atoms with E-state index in [0.717, 1.165) is 16.9 Å². The van der Waals surface area contributed by atoms with Crippen molar-refractivity contribution in [3.8, 4) is 28.3 Å². The van der Waals surface area contributed by atoms with Gasteiger partial charge in [-0.25, -0.2) is 9.50 Å². The molecule has 0 fully saturated rings. The Morgan fingerprint density at radius 2 is 1.52 bits per heavy atom. The molecule has 4 nitrogen and oxygen atoms in total. The van der Waals surface area contributed by atoms with Gasteiger partial charge >= 0.3 is 0 Å². The van der Waals surface area contributed by atoms with Crippen molar-refractivity contribution >= 4 is 5.65 Å². The molecular formula is C21H19N3O. The van der Waals surface area contributed by atoms with Crippen LogP contribution in [-0.2, 0) is 0 Å². The third-order valence-electron chi connectivity index (χ3n) is 4.53. The average Bonchev–Trinajstić information content (AvgIpc) is 3.07. The molecule has 0 amide bonds. The monoisotopic (exact) mass is 329 g/mol. The first-order chi connectivity index (χ1) is 12.1. The number of imidazole rings is 1. The second-order valence-electron chi connectivity index (χ2n) is 6.18. The summed E-state index contributed by atoms with van der Waals surface area (Å²) in [5.74, 6) is 0.571. The first-order valence-electron chi connectivity index (χ1n) is 8.22. The summed E-state index contributed by atoms with van der Waals surface area (Å²) in [6, 6.07) is 18.7. The van der Waals surface area contributed by atoms with Crippen molar-refractivity contribution in [3.05, 3.63) is 71.9 Å². The lowest BCUT2D eigenvalue weighted by atomic mass is 9.99. The van der Waals surface area contributed by atoms with Gasteiger partial charge in [0, 0.05) is 11.6 Å². The van der Waals surface area contributed by atoms with E-state index in [1.807, 2.05) is 18.3 Å². The molecule has 0 atom stereocenters. The predicted octanol–water partition coefficient (Wildman–Crippen LogP) is 4.69. The fraction of sp³-hybridized carbons (Fsp3) is 0.143. The van der Waals surface area contributed by atoms with Gasteiger partial charge in [-0.15, -0.1) is 5.10 Å². The largest absolute Gasteiger partial charge is 0.480 e. The number of aryl methyl sites for hydroxylation is 2. The van der Waals surface area contributed by atoms with Gasteiger partial charge in [0.1, 0.15) is 0 Å². The Hall–Kier alpha value is -3.14. The zero-order valence-corrected chi connectivity index (χ0v) is 14.5. The molecule has 0 saturated carbocycles. The lowest BCUT2D eigenvalue weighted by Gasteiger charge is -2.06. The smallest absolute Gasteiger partial charge is 0.231 e. The van der Waals surface area contributed by atoms with E-state index in [1.165, 1.54) is 22.3 Å². The van der Waals surface area contributed by atoms with Gasteiger partial charge in [0.05, 0.1) is 19.0 Å². The number of nitrogens with zero attached hydrogens (tertiary/aromatic N) is 3. The van der Waals surface area contributed by atoms with E-state index in [2.05, 4.69) is 66.4 Å². The molecule has 0 saturated heterocycles. The van der Waals surface area contributed by atoms with Crippen LogP contribution in [0.2, 0.25) is 0 Å². The minimum Gasteiger partial charge on any atom is -0.480 e. The highest BCUT2D eigenvalue weighted by Gasteiger charge is 2.07. The van der Waals surface area contributed by atoms with Crippen molar-refractivity contribution in [3.63, 3.8) is 0 Å². The first kappa shape index (κ1) is 15.4. The number of hydrogen-bond donors (Lipinski definition) is 0. The van der Waals surface area contributed by atoms with Crippen LogP contribution in [-0.4, -0.2) is 21.7 Å². The lowest BCUT2D eigenvalue weighted by Crippen LogP contribution is -1.93. The van der Waals surface area contributed by atoms with Gasteiger partial charge in [0.25, 0.3) is 0 Å². The van der Waals surface area contributed by atoms with E-state index in [0.29, 0.717) is 5.88 Å². The second kappa shape index (κ2) is 6.06. The molecule has 0 bridgehead atoms. The molecule has 0 N–H and O–H groups in total. The predicted molar refractivity (Wildman–Crippen MR) is 99.9 cm³/mol. The summed E-state index contributed by atoms with van der Waals surface area (Å²) < 4.78 is 6.90. The average molecular weight is 329 g/mol. The highest BCUT2D eigenvalue weighted by atomic mass is 16.5. The van der Waals surface area contributed by atoms with E-state index >= 15 is 0 Å². The Morgan fingerprint density at radius 1 is 0.800 bits per heavy atom. The van der Waals surface area contributed by atoms with Gasteiger partial charge in [0.2, 0.25) is 5.88 Å². The van der Waals surface area contributed by atoms with Gasteiger partial charge in [-0.2, -0.15) is 0 Å². The maximum Gasteiger partial charge on any atom is 0.231 e. The number of fused-ring (bicyclic) bond motifs is 1. The SMILES string of the molecule is COc1ccc2nc(-c3ccc(-c4ccc(C)c(C)c4)cc3)cn2n1. The fourth-order valence-electron chi connectivity index (χ4n) is 2.87. The van der Waals surface area contributed by atoms with Crippen LogP contribution in [0.4, 0.5) is 0 Å². The number of benzene rings is 2. The highest BCUT2D eigenvalue weighted by molar-refractivity contribution is 5.70. The summed E-state index contributed by atoms with van der Waals surface area (Å²) in [6.07, 6.45) is 1.92. The number of rotatable bonds is 3. The van der Waals surface area contributed by atoms with Crippen LogP contribution in [0.3, 0.4) is 0 Å². The van der Waals surface area contributed by atoms with E-state index in [-0.39, 0.29) is 0 Å². The summed E-state index contributed by atoms with van der Waals surface area (Å²) in [6.45, 7) is 4.28. The Balaban J connectivity index is 1.68. The van der Waals surface area contributed by atoms with Crippen molar-refractivity contribution in [2.24, 2.45) is 0 Å². The van der Waals surface area contributed by atoms with Crippen molar-refractivity contribution in [2.45, 2.75) is 13.8 Å². The molecule has 2 aromatic carbocycles. The van der Waals surface area contributed by atoms with Gasteiger partial charge in [-0.05, 0) is 42.2 Å². The number of aromatic nitrogens is 3. The second-order valence-corrected chi connectivity index (χ2v) is 6.18. The third kappa shape index (κ3) is 2.87. The minimum atomic E-state index is 0.571. The van der Waals surface area contributed by atoms with Crippen LogP contribution in [0.15, 0.2) is 60.8 Å². The Labute approximate surface area is 146 Å². The van der Waals surface area contributed by atoms with Gasteiger partial charge in [-0.3, -0.25) is 0 Å². The molecule has 0 radical (unpaired) electrons. The van der Waals surface area contributed by atoms with E-state index in [4.69, 9.17) is 4.74 Å². The lowest BCUT2D eigenvalue weighted by molar-refractivity contribution is 0.390. The van der Waals surface area contributed by atoms with Gasteiger partial charge < -0.3 is 4.74 Å². The van der Waals surface area contributed by atoms with Crippen LogP contribution < -0.4 is 4.74 Å². The molecule has 4 rings (SSSR count). The van der Waals surface area contributed by atoms with Crippen LogP contribution in [0.5, 0.6) is 5.88 Å². The maximum absolute atomic E-state index is 5.16. The zero-order valence-electron chi connectivity index (χ0n) is 14.5. The number of methoxy groups -OCH3 is 1. The number of ether oxygens (including phenoxy) is 1. The topological polar surface area (TPSA) is 39.4 Å². The Kier molecular flexibility index (Phi) is 3.73. The Morgan fingerprint density at radius 3 is 2.24 bits per heavy atom. The summed E-state index contributed by atoms with van der Waals surface area (Å²) in [5, 5.41) is 4.35. The van der Waals surface area contributed by atoms with Crippen LogP contribution in [0.1, 0.15) is 11.1 Å². The molecule has 0 aliphatic heterocycles. The van der Waals surface area contributed by atoms with Crippen LogP contribution in [0, 0.1) is 13.8 Å². The molecule has 4 heteroatoms. The zero-order chi connectivity index (χ0) is 17.4. The normalized spacial score (nSPS) is 11.0. The quantitative estimate of drug-likeness (QED) is 0.547. The summed E-state index contributed by atoms with van der Waals surface area (Å²) >= 11 is 0. The third-order valence-corrected chi connectivity index (χ3v) is 4.53. The van der Waals surface area contributed by atoms with Crippen molar-refractivity contribution < 1.29 is 4.74 Å². The maximum atomic E-state index is 5.16. The summed E-state index contributed by atoms with van der Waals surface area (Å²) in [7, 11) is 1.61. The first-order valence-corrected chi connectivity index (χ1v) is 8.22. The van der Waals surface area contributed by atoms with Crippen LogP contribution in [0.25, 0.3) is 28.0 Å². The van der Waals surface area contributed by atoms with Crippen molar-refractivity contribution in [1.29, 1.82) is 0 Å². The molecule has 2 aromatic heterocycles. The molecule has 4 aromatic rings. The standard InChI is InChI=1S/C21H19N3O/c1-14-4-5-18(12-15(14)2)16-6-8-17(9-7-16)19-13-24-20(22-19)10-11-21(23-24)25-3/h4-13H,1-3H3. The Bertz CT molecular complexity index is 1050. The van der Waals surface area contributed by atoms with E-state index < -0.39 is 0 Å². The van der Waals surface area contributed by atoms with Crippen molar-refractivity contribution in [1.82, 2.24) is 14.6 Å². The molecule has 0 unspecified atom stereocenters. The fourth-order valence-corrected chi connectivity index (χ4v) is 2.87. The molecule has 2 heterocycles. The molecular weight excluding hydrogens is 310 g/mol. The van der Waals surface area contributed by atoms with E-state index in [9.17, 15) is 0 Å². The summed E-state index contributed by atoms with van der Waals surface area (Å²) in [5.41, 5.74) is 7.82. The molecule has 0 aliphatic rings. The highest BCUT2D eigenvalue weighted by Crippen LogP contribution is 2.26. The van der Waals surface area contributed by atoms with Crippen LogP contribution >= 0.6 is 0 Å². The molecule has 0 spiro atoms. The van der Waals surface area contributed by atoms with Gasteiger partial charge in [0.15, 0.2) is 5.65 Å². The van der Waals surface area contributed by atoms with Gasteiger partial charge in [-0.1, -0.05) is 42.5 Å².